The zero-order valence-electron chi connectivity index (χ0n) is 12.1. The molecule has 1 aromatic carbocycles. The molecule has 1 heterocycles. The van der Waals surface area contributed by atoms with Crippen molar-refractivity contribution in [1.29, 1.82) is 0 Å². The van der Waals surface area contributed by atoms with Gasteiger partial charge in [0.05, 0.1) is 2.88 Å². The highest BCUT2D eigenvalue weighted by atomic mass is 127. The Morgan fingerprint density at radius 2 is 1.65 bits per heavy atom. The van der Waals surface area contributed by atoms with Gasteiger partial charge in [0, 0.05) is 16.5 Å². The molecule has 0 aliphatic rings. The monoisotopic (exact) mass is 398 g/mol. The molecule has 106 valence electrons. The molecule has 0 aliphatic heterocycles. The molecule has 0 saturated carbocycles. The summed E-state index contributed by atoms with van der Waals surface area (Å²) in [5.41, 5.74) is 5.46. The van der Waals surface area contributed by atoms with Crippen LogP contribution in [0.5, 0.6) is 0 Å². The Balaban J connectivity index is 2.56. The topological polar surface area (TPSA) is 17.1 Å². The van der Waals surface area contributed by atoms with Gasteiger partial charge in [0.15, 0.2) is 5.78 Å². The predicted molar refractivity (Wildman–Crippen MR) is 95.0 cm³/mol. The minimum Gasteiger partial charge on any atom is -0.289 e. The molecule has 0 amide bonds. The summed E-state index contributed by atoms with van der Waals surface area (Å²) in [7, 11) is 0. The molecule has 0 atom stereocenters. The van der Waals surface area contributed by atoms with Crippen molar-refractivity contribution in [2.45, 2.75) is 40.0 Å². The fraction of sp³-hybridized carbons (Fsp3) is 0.353. The van der Waals surface area contributed by atoms with E-state index in [1.807, 2.05) is 11.4 Å². The lowest BCUT2D eigenvalue weighted by molar-refractivity contribution is 0.103. The number of carbonyl (C=O) groups is 1. The lowest BCUT2D eigenvalue weighted by Crippen LogP contribution is -2.09. The Bertz CT molecular complexity index is 603. The van der Waals surface area contributed by atoms with E-state index in [0.717, 1.165) is 33.3 Å². The number of aryl methyl sites for hydroxylation is 3. The average Bonchev–Trinajstić information content (AvgIpc) is 2.91. The molecular weight excluding hydrogens is 379 g/mol. The van der Waals surface area contributed by atoms with E-state index in [9.17, 15) is 4.79 Å². The first-order valence-electron chi connectivity index (χ1n) is 7.04. The summed E-state index contributed by atoms with van der Waals surface area (Å²) in [6, 6.07) is 6.38. The van der Waals surface area contributed by atoms with Gasteiger partial charge in [-0.3, -0.25) is 4.79 Å². The van der Waals surface area contributed by atoms with Crippen LogP contribution in [-0.4, -0.2) is 5.78 Å². The second-order valence-corrected chi connectivity index (χ2v) is 7.62. The number of benzene rings is 1. The largest absolute Gasteiger partial charge is 0.289 e. The van der Waals surface area contributed by atoms with Gasteiger partial charge in [-0.2, -0.15) is 0 Å². The van der Waals surface area contributed by atoms with Crippen molar-refractivity contribution in [3.8, 4) is 0 Å². The molecule has 2 rings (SSSR count). The second-order valence-electron chi connectivity index (χ2n) is 4.82. The van der Waals surface area contributed by atoms with Crippen LogP contribution >= 0.6 is 33.9 Å². The molecule has 0 N–H and O–H groups in total. The Labute approximate surface area is 138 Å². The standard InChI is InChI=1S/C17H19IOS/c1-4-11-7-12(5-2)16(13(6-3)8-11)17(19)14-9-15(18)20-10-14/h7-10H,4-6H2,1-3H3. The van der Waals surface area contributed by atoms with Crippen molar-refractivity contribution in [3.63, 3.8) is 0 Å². The third kappa shape index (κ3) is 3.14. The fourth-order valence-electron chi connectivity index (χ4n) is 2.47. The SMILES string of the molecule is CCc1cc(CC)c(C(=O)c2csc(I)c2)c(CC)c1. The van der Waals surface area contributed by atoms with Crippen LogP contribution in [0.3, 0.4) is 0 Å². The zero-order valence-corrected chi connectivity index (χ0v) is 15.1. The molecule has 0 unspecified atom stereocenters. The van der Waals surface area contributed by atoms with Gasteiger partial charge in [0.2, 0.25) is 0 Å². The van der Waals surface area contributed by atoms with Gasteiger partial charge in [-0.15, -0.1) is 11.3 Å². The van der Waals surface area contributed by atoms with Crippen LogP contribution < -0.4 is 0 Å². The van der Waals surface area contributed by atoms with Crippen LogP contribution in [0.4, 0.5) is 0 Å². The van der Waals surface area contributed by atoms with Gasteiger partial charge < -0.3 is 0 Å². The Morgan fingerprint density at radius 3 is 2.05 bits per heavy atom. The van der Waals surface area contributed by atoms with E-state index in [-0.39, 0.29) is 5.78 Å². The molecule has 20 heavy (non-hydrogen) atoms. The third-order valence-corrected chi connectivity index (χ3v) is 5.38. The van der Waals surface area contributed by atoms with Crippen LogP contribution in [0.1, 0.15) is 53.4 Å². The molecule has 0 bridgehead atoms. The minimum atomic E-state index is 0.181. The second kappa shape index (κ2) is 6.85. The van der Waals surface area contributed by atoms with E-state index in [2.05, 4.69) is 55.5 Å². The lowest BCUT2D eigenvalue weighted by Gasteiger charge is -2.14. The van der Waals surface area contributed by atoms with Crippen LogP contribution in [0.15, 0.2) is 23.6 Å². The maximum absolute atomic E-state index is 12.8. The lowest BCUT2D eigenvalue weighted by atomic mass is 9.89. The molecule has 0 radical (unpaired) electrons. The Morgan fingerprint density at radius 1 is 1.05 bits per heavy atom. The van der Waals surface area contributed by atoms with Crippen LogP contribution in [-0.2, 0) is 19.3 Å². The van der Waals surface area contributed by atoms with E-state index < -0.39 is 0 Å². The molecule has 0 fully saturated rings. The van der Waals surface area contributed by atoms with Gasteiger partial charge in [-0.05, 0) is 64.6 Å². The van der Waals surface area contributed by atoms with Crippen LogP contribution in [0.2, 0.25) is 0 Å². The smallest absolute Gasteiger partial charge is 0.194 e. The van der Waals surface area contributed by atoms with Crippen molar-refractivity contribution >= 4 is 39.7 Å². The molecule has 1 nitrogen and oxygen atoms in total. The fourth-order valence-corrected chi connectivity index (χ4v) is 3.79. The summed E-state index contributed by atoms with van der Waals surface area (Å²) in [6.45, 7) is 6.42. The first-order chi connectivity index (χ1) is 9.60. The van der Waals surface area contributed by atoms with E-state index in [0.29, 0.717) is 0 Å². The summed E-state index contributed by atoms with van der Waals surface area (Å²) in [4.78, 5) is 12.8. The third-order valence-electron chi connectivity index (χ3n) is 3.59. The summed E-state index contributed by atoms with van der Waals surface area (Å²) in [5, 5.41) is 1.97. The number of hydrogen-bond donors (Lipinski definition) is 0. The molecule has 2 aromatic rings. The highest BCUT2D eigenvalue weighted by molar-refractivity contribution is 14.1. The van der Waals surface area contributed by atoms with Gasteiger partial charge >= 0.3 is 0 Å². The molecule has 0 saturated heterocycles. The quantitative estimate of drug-likeness (QED) is 0.495. The normalized spacial score (nSPS) is 10.8. The molecular formula is C17H19IOS. The number of rotatable bonds is 5. The van der Waals surface area contributed by atoms with E-state index in [4.69, 9.17) is 0 Å². The van der Waals surface area contributed by atoms with E-state index in [1.165, 1.54) is 16.7 Å². The number of carbonyl (C=O) groups excluding carboxylic acids is 1. The van der Waals surface area contributed by atoms with Gasteiger partial charge in [-0.25, -0.2) is 0 Å². The van der Waals surface area contributed by atoms with Gasteiger partial charge in [0.25, 0.3) is 0 Å². The molecule has 0 spiro atoms. The number of hydrogen-bond acceptors (Lipinski definition) is 2. The zero-order chi connectivity index (χ0) is 14.7. The Hall–Kier alpha value is -0.680. The first-order valence-corrected chi connectivity index (χ1v) is 8.99. The van der Waals surface area contributed by atoms with Crippen LogP contribution in [0.25, 0.3) is 0 Å². The van der Waals surface area contributed by atoms with Crippen molar-refractivity contribution in [1.82, 2.24) is 0 Å². The Kier molecular flexibility index (Phi) is 5.38. The van der Waals surface area contributed by atoms with Crippen molar-refractivity contribution in [2.24, 2.45) is 0 Å². The maximum Gasteiger partial charge on any atom is 0.194 e. The number of thiophene rings is 1. The molecule has 3 heteroatoms. The summed E-state index contributed by atoms with van der Waals surface area (Å²) in [6.07, 6.45) is 2.83. The summed E-state index contributed by atoms with van der Waals surface area (Å²) in [5.74, 6) is 0.181. The van der Waals surface area contributed by atoms with Crippen LogP contribution in [0, 0.1) is 2.88 Å². The highest BCUT2D eigenvalue weighted by Crippen LogP contribution is 2.26. The van der Waals surface area contributed by atoms with Crippen molar-refractivity contribution in [3.05, 3.63) is 54.3 Å². The summed E-state index contributed by atoms with van der Waals surface area (Å²) >= 11 is 3.89. The predicted octanol–water partition coefficient (Wildman–Crippen LogP) is 5.27. The van der Waals surface area contributed by atoms with E-state index in [1.54, 1.807) is 11.3 Å². The maximum atomic E-state index is 12.8. The minimum absolute atomic E-state index is 0.181. The van der Waals surface area contributed by atoms with Gasteiger partial charge in [-0.1, -0.05) is 32.9 Å². The number of halogens is 1. The van der Waals surface area contributed by atoms with Gasteiger partial charge in [0.1, 0.15) is 0 Å². The van der Waals surface area contributed by atoms with Crippen molar-refractivity contribution in [2.75, 3.05) is 0 Å². The molecule has 1 aromatic heterocycles. The average molecular weight is 398 g/mol. The summed E-state index contributed by atoms with van der Waals surface area (Å²) < 4.78 is 1.16. The molecule has 0 aliphatic carbocycles. The first kappa shape index (κ1) is 15.7. The number of ketones is 1. The highest BCUT2D eigenvalue weighted by Gasteiger charge is 2.18. The van der Waals surface area contributed by atoms with E-state index >= 15 is 0 Å². The van der Waals surface area contributed by atoms with Crippen molar-refractivity contribution < 1.29 is 4.79 Å².